The number of rotatable bonds is 36. The summed E-state index contributed by atoms with van der Waals surface area (Å²) in [5.41, 5.74) is 5.47. The molecule has 0 radical (unpaired) electrons. The number of primary amides is 1. The lowest BCUT2D eigenvalue weighted by Crippen LogP contribution is -2.55. The highest BCUT2D eigenvalue weighted by atomic mass is 16.6. The van der Waals surface area contributed by atoms with E-state index >= 15 is 0 Å². The number of carbonyl (C=O) groups is 1. The third kappa shape index (κ3) is 35.4. The normalized spacial score (nSPS) is 13.6. The molecule has 0 saturated carbocycles. The predicted octanol–water partition coefficient (Wildman–Crippen LogP) is 11.1. The highest BCUT2D eigenvalue weighted by molar-refractivity contribution is 5.64. The van der Waals surface area contributed by atoms with Crippen LogP contribution < -0.4 is 16.4 Å². The van der Waals surface area contributed by atoms with Gasteiger partial charge in [-0.05, 0) is 104 Å². The number of nitrogens with two attached hydrogens (primary N) is 1. The van der Waals surface area contributed by atoms with Crippen LogP contribution in [0.2, 0.25) is 0 Å². The van der Waals surface area contributed by atoms with Gasteiger partial charge < -0.3 is 20.7 Å². The van der Waals surface area contributed by atoms with Crippen LogP contribution in [-0.2, 0) is 4.74 Å². The van der Waals surface area contributed by atoms with Crippen LogP contribution in [0.25, 0.3) is 0 Å². The molecule has 6 nitrogen and oxygen atoms in total. The first-order chi connectivity index (χ1) is 23.5. The zero-order valence-electron chi connectivity index (χ0n) is 32.2. The lowest BCUT2D eigenvalue weighted by Gasteiger charge is -2.30. The summed E-state index contributed by atoms with van der Waals surface area (Å²) < 4.78 is 5.54. The van der Waals surface area contributed by atoms with Gasteiger partial charge in [0.1, 0.15) is 0 Å². The molecule has 2 unspecified atom stereocenters. The second kappa shape index (κ2) is 37.9. The van der Waals surface area contributed by atoms with Crippen molar-refractivity contribution in [2.24, 2.45) is 5.73 Å². The van der Waals surface area contributed by atoms with Gasteiger partial charge in [-0.25, -0.2) is 4.79 Å². The van der Waals surface area contributed by atoms with Crippen LogP contribution in [-0.4, -0.2) is 57.0 Å². The molecule has 0 aliphatic carbocycles. The number of hydrogen-bond donors (Lipinski definition) is 3. The van der Waals surface area contributed by atoms with Gasteiger partial charge in [-0.3, -0.25) is 5.32 Å². The number of hydrogen-bond acceptors (Lipinski definition) is 5. The second-order valence-electron chi connectivity index (χ2n) is 13.8. The van der Waals surface area contributed by atoms with E-state index in [-0.39, 0.29) is 6.04 Å². The Kier molecular flexibility index (Phi) is 36.4. The maximum atomic E-state index is 11.7. The molecule has 0 bridgehead atoms. The first kappa shape index (κ1) is 46.1. The molecular weight excluding hydrogens is 592 g/mol. The van der Waals surface area contributed by atoms with Crippen LogP contribution in [0.4, 0.5) is 4.79 Å². The molecule has 0 saturated heterocycles. The summed E-state index contributed by atoms with van der Waals surface area (Å²) >= 11 is 0. The molecule has 6 heteroatoms. The molecule has 1 amide bonds. The Morgan fingerprint density at radius 2 is 0.938 bits per heavy atom. The Labute approximate surface area is 298 Å². The van der Waals surface area contributed by atoms with E-state index < -0.39 is 12.3 Å². The van der Waals surface area contributed by atoms with E-state index in [1.807, 2.05) is 0 Å². The Balaban J connectivity index is 4.05. The molecule has 0 aliphatic rings. The van der Waals surface area contributed by atoms with Crippen LogP contribution in [0.1, 0.15) is 168 Å². The minimum absolute atomic E-state index is 0.00456. The van der Waals surface area contributed by atoms with Gasteiger partial charge in [-0.1, -0.05) is 140 Å². The maximum Gasteiger partial charge on any atom is 0.406 e. The fourth-order valence-corrected chi connectivity index (χ4v) is 5.81. The molecular formula is C42H80N4O2. The SMILES string of the molecule is CCCCC/C=C\C/C=C\CCCCCCCCNC(CN(C)C)C(NCCCCCCCC/C=C\C/C=C\CCCCC)OC(N)=O. The Morgan fingerprint density at radius 3 is 1.33 bits per heavy atom. The van der Waals surface area contributed by atoms with E-state index in [1.54, 1.807) is 0 Å². The van der Waals surface area contributed by atoms with Gasteiger partial charge in [0.15, 0.2) is 6.23 Å². The number of unbranched alkanes of at least 4 members (excludes halogenated alkanes) is 18. The van der Waals surface area contributed by atoms with Crippen LogP contribution >= 0.6 is 0 Å². The summed E-state index contributed by atoms with van der Waals surface area (Å²) in [6, 6.07) is -0.00456. The van der Waals surface area contributed by atoms with Gasteiger partial charge in [-0.2, -0.15) is 0 Å². The number of allylic oxidation sites excluding steroid dienone is 8. The summed E-state index contributed by atoms with van der Waals surface area (Å²) in [6.45, 7) is 7.02. The standard InChI is InChI=1S/C42H80N4O2/c1-5-7-9-11-13-15-17-19-21-23-25-27-29-31-33-35-37-44-40(39-46(3)4)41(48-42(43)47)45-38-36-34-32-30-28-26-24-22-20-18-16-14-12-10-8-6-2/h13-16,19-22,40-41,44-45H,5-12,17-18,23-39H2,1-4H3,(H2,43,47)/b15-13-,16-14-,21-19-,22-20-. The summed E-state index contributed by atoms with van der Waals surface area (Å²) in [5, 5.41) is 7.13. The topological polar surface area (TPSA) is 79.6 Å². The van der Waals surface area contributed by atoms with Crippen molar-refractivity contribution in [3.05, 3.63) is 48.6 Å². The fourth-order valence-electron chi connectivity index (χ4n) is 5.81. The molecule has 0 aromatic carbocycles. The van der Waals surface area contributed by atoms with Crippen LogP contribution in [0.3, 0.4) is 0 Å². The lowest BCUT2D eigenvalue weighted by atomic mass is 10.1. The van der Waals surface area contributed by atoms with Gasteiger partial charge in [0, 0.05) is 6.54 Å². The quantitative estimate of drug-likeness (QED) is 0.0351. The zero-order valence-corrected chi connectivity index (χ0v) is 32.2. The average Bonchev–Trinajstić information content (AvgIpc) is 3.06. The molecule has 0 fully saturated rings. The maximum absolute atomic E-state index is 11.7. The van der Waals surface area contributed by atoms with Crippen molar-refractivity contribution in [1.29, 1.82) is 0 Å². The van der Waals surface area contributed by atoms with E-state index in [0.717, 1.165) is 45.3 Å². The van der Waals surface area contributed by atoms with Gasteiger partial charge >= 0.3 is 6.09 Å². The minimum atomic E-state index is -0.719. The molecule has 0 rings (SSSR count). The zero-order chi connectivity index (χ0) is 35.2. The number of nitrogens with zero attached hydrogens (tertiary/aromatic N) is 1. The summed E-state index contributed by atoms with van der Waals surface area (Å²) in [7, 11) is 4.11. The molecule has 0 aliphatic heterocycles. The van der Waals surface area contributed by atoms with Gasteiger partial charge in [0.2, 0.25) is 0 Å². The summed E-state index contributed by atoms with van der Waals surface area (Å²) in [4.78, 5) is 13.9. The third-order valence-corrected chi connectivity index (χ3v) is 8.68. The Morgan fingerprint density at radius 1 is 0.562 bits per heavy atom. The molecule has 0 heterocycles. The Hall–Kier alpha value is -1.89. The first-order valence-corrected chi connectivity index (χ1v) is 20.2. The van der Waals surface area contributed by atoms with Crippen molar-refractivity contribution in [2.45, 2.75) is 180 Å². The van der Waals surface area contributed by atoms with Crippen molar-refractivity contribution in [3.8, 4) is 0 Å². The van der Waals surface area contributed by atoms with Crippen molar-refractivity contribution >= 4 is 6.09 Å². The third-order valence-electron chi connectivity index (χ3n) is 8.68. The first-order valence-electron chi connectivity index (χ1n) is 20.2. The van der Waals surface area contributed by atoms with Crippen molar-refractivity contribution in [3.63, 3.8) is 0 Å². The average molecular weight is 673 g/mol. The molecule has 280 valence electrons. The molecule has 2 atom stereocenters. The molecule has 0 aromatic heterocycles. The lowest BCUT2D eigenvalue weighted by molar-refractivity contribution is 0.0512. The van der Waals surface area contributed by atoms with E-state index in [9.17, 15) is 4.79 Å². The highest BCUT2D eigenvalue weighted by Crippen LogP contribution is 2.10. The monoisotopic (exact) mass is 673 g/mol. The van der Waals surface area contributed by atoms with E-state index in [4.69, 9.17) is 10.5 Å². The van der Waals surface area contributed by atoms with Gasteiger partial charge in [0.05, 0.1) is 6.04 Å². The smallest absolute Gasteiger partial charge is 0.406 e. The van der Waals surface area contributed by atoms with Crippen LogP contribution in [0.15, 0.2) is 48.6 Å². The number of ether oxygens (including phenoxy) is 1. The van der Waals surface area contributed by atoms with Gasteiger partial charge in [0.25, 0.3) is 0 Å². The fraction of sp³-hybridized carbons (Fsp3) is 0.786. The largest absolute Gasteiger partial charge is 0.429 e. The van der Waals surface area contributed by atoms with Crippen LogP contribution in [0, 0.1) is 0 Å². The number of amides is 1. The predicted molar refractivity (Wildman–Crippen MR) is 212 cm³/mol. The van der Waals surface area contributed by atoms with Crippen molar-refractivity contribution in [2.75, 3.05) is 33.7 Å². The minimum Gasteiger partial charge on any atom is -0.429 e. The van der Waals surface area contributed by atoms with Crippen molar-refractivity contribution < 1.29 is 9.53 Å². The van der Waals surface area contributed by atoms with Crippen LogP contribution in [0.5, 0.6) is 0 Å². The van der Waals surface area contributed by atoms with E-state index in [2.05, 4.69) is 92.1 Å². The molecule has 4 N–H and O–H groups in total. The van der Waals surface area contributed by atoms with E-state index in [0.29, 0.717) is 0 Å². The summed E-state index contributed by atoms with van der Waals surface area (Å²) in [6.07, 6.45) is 47.2. The highest BCUT2D eigenvalue weighted by Gasteiger charge is 2.24. The number of likely N-dealkylation sites (N-methyl/N-ethyl adjacent to an activating group) is 1. The molecule has 0 spiro atoms. The molecule has 48 heavy (non-hydrogen) atoms. The van der Waals surface area contributed by atoms with E-state index in [1.165, 1.54) is 128 Å². The van der Waals surface area contributed by atoms with Gasteiger partial charge in [-0.15, -0.1) is 0 Å². The Bertz CT molecular complexity index is 793. The van der Waals surface area contributed by atoms with Crippen molar-refractivity contribution in [1.82, 2.24) is 15.5 Å². The number of nitrogens with one attached hydrogen (secondary N) is 2. The molecule has 0 aromatic rings. The number of carbonyl (C=O) groups excluding carboxylic acids is 1. The summed E-state index contributed by atoms with van der Waals surface area (Å²) in [5.74, 6) is 0. The second-order valence-corrected chi connectivity index (χ2v) is 13.8.